The van der Waals surface area contributed by atoms with Gasteiger partial charge in [-0.15, -0.1) is 0 Å². The third-order valence-corrected chi connectivity index (χ3v) is 5.31. The van der Waals surface area contributed by atoms with Gasteiger partial charge in [0.25, 0.3) is 0 Å². The molecule has 4 rings (SSSR count). The number of carbonyl (C=O) groups excluding carboxylic acids is 1. The topological polar surface area (TPSA) is 74.2 Å². The van der Waals surface area contributed by atoms with Crippen molar-refractivity contribution in [1.29, 1.82) is 0 Å². The van der Waals surface area contributed by atoms with Gasteiger partial charge in [0.2, 0.25) is 5.91 Å². The predicted octanol–water partition coefficient (Wildman–Crippen LogP) is 2.24. The number of hydrogen-bond acceptors (Lipinski definition) is 7. The van der Waals surface area contributed by atoms with E-state index in [1.807, 2.05) is 49.8 Å². The van der Waals surface area contributed by atoms with Gasteiger partial charge in [0.05, 0.1) is 24.0 Å². The van der Waals surface area contributed by atoms with E-state index in [2.05, 4.69) is 28.8 Å². The van der Waals surface area contributed by atoms with Crippen LogP contribution in [0.2, 0.25) is 0 Å². The third kappa shape index (κ3) is 3.51. The van der Waals surface area contributed by atoms with Crippen LogP contribution in [0, 0.1) is 0 Å². The number of nitrogens with zero attached hydrogens (tertiary/aromatic N) is 5. The molecule has 3 aromatic rings. The normalized spacial score (nSPS) is 17.2. The molecule has 1 atom stereocenters. The summed E-state index contributed by atoms with van der Waals surface area (Å²) in [4.78, 5) is 21.0. The van der Waals surface area contributed by atoms with Crippen LogP contribution in [0.25, 0.3) is 11.0 Å². The highest BCUT2D eigenvalue weighted by Gasteiger charge is 2.27. The molecule has 0 spiro atoms. The van der Waals surface area contributed by atoms with Crippen molar-refractivity contribution >= 4 is 40.0 Å². The van der Waals surface area contributed by atoms with Gasteiger partial charge in [-0.25, -0.2) is 0 Å². The maximum Gasteiger partial charge on any atom is 0.238 e. The Morgan fingerprint density at radius 2 is 2.15 bits per heavy atom. The average molecular weight is 368 g/mol. The van der Waals surface area contributed by atoms with Crippen LogP contribution < -0.4 is 10.2 Å². The fourth-order valence-electron chi connectivity index (χ4n) is 3.34. The summed E-state index contributed by atoms with van der Waals surface area (Å²) in [7, 11) is 2.01. The molecule has 1 amide bonds. The molecule has 0 bridgehead atoms. The number of aromatic nitrogens is 3. The highest BCUT2D eigenvalue weighted by molar-refractivity contribution is 7.00. The highest BCUT2D eigenvalue weighted by atomic mass is 32.1. The van der Waals surface area contributed by atoms with Crippen molar-refractivity contribution in [3.63, 3.8) is 0 Å². The summed E-state index contributed by atoms with van der Waals surface area (Å²) in [6, 6.07) is 10.0. The van der Waals surface area contributed by atoms with Crippen molar-refractivity contribution in [3.8, 4) is 0 Å². The number of hydrogen-bond donors (Lipinski definition) is 1. The van der Waals surface area contributed by atoms with Crippen molar-refractivity contribution in [2.45, 2.75) is 12.5 Å². The van der Waals surface area contributed by atoms with Crippen LogP contribution in [0.3, 0.4) is 0 Å². The van der Waals surface area contributed by atoms with E-state index in [1.54, 1.807) is 0 Å². The van der Waals surface area contributed by atoms with Crippen LogP contribution in [-0.4, -0.2) is 57.3 Å². The summed E-state index contributed by atoms with van der Waals surface area (Å²) in [6.45, 7) is 2.26. The predicted molar refractivity (Wildman–Crippen MR) is 104 cm³/mol. The van der Waals surface area contributed by atoms with Crippen molar-refractivity contribution in [1.82, 2.24) is 18.6 Å². The maximum absolute atomic E-state index is 12.5. The van der Waals surface area contributed by atoms with Crippen LogP contribution in [0.4, 0.5) is 11.4 Å². The van der Waals surface area contributed by atoms with Crippen LogP contribution >= 0.6 is 11.7 Å². The number of anilines is 2. The smallest absolute Gasteiger partial charge is 0.238 e. The van der Waals surface area contributed by atoms with E-state index in [4.69, 9.17) is 0 Å². The first-order valence-corrected chi connectivity index (χ1v) is 9.30. The van der Waals surface area contributed by atoms with Crippen molar-refractivity contribution in [2.75, 3.05) is 36.9 Å². The van der Waals surface area contributed by atoms with Gasteiger partial charge in [0.15, 0.2) is 0 Å². The Balaban J connectivity index is 1.35. The number of amides is 1. The molecule has 2 aromatic heterocycles. The molecule has 1 fully saturated rings. The minimum Gasteiger partial charge on any atom is -0.370 e. The lowest BCUT2D eigenvalue weighted by molar-refractivity contribution is -0.117. The van der Waals surface area contributed by atoms with Gasteiger partial charge < -0.3 is 10.2 Å². The summed E-state index contributed by atoms with van der Waals surface area (Å²) in [5, 5.41) is 2.97. The van der Waals surface area contributed by atoms with Crippen LogP contribution in [0.15, 0.2) is 42.7 Å². The van der Waals surface area contributed by atoms with E-state index in [1.165, 1.54) is 5.69 Å². The zero-order valence-electron chi connectivity index (χ0n) is 14.5. The third-order valence-electron chi connectivity index (χ3n) is 4.77. The molecule has 0 aliphatic carbocycles. The standard InChI is InChI=1S/C18H20N6OS/c1-23(14-7-10-24(11-14)13-5-8-19-9-6-13)12-17(25)20-15-3-2-4-16-18(15)22-26-21-16/h2-6,8-9,14H,7,10-12H2,1H3,(H,20,25). The molecule has 1 aromatic carbocycles. The molecule has 1 aliphatic heterocycles. The molecule has 1 saturated heterocycles. The average Bonchev–Trinajstić information content (AvgIpc) is 3.32. The molecule has 1 unspecified atom stereocenters. The number of rotatable bonds is 5. The Morgan fingerprint density at radius 3 is 3.00 bits per heavy atom. The molecule has 7 nitrogen and oxygen atoms in total. The zero-order chi connectivity index (χ0) is 17.9. The number of pyridine rings is 1. The fourth-order valence-corrected chi connectivity index (χ4v) is 3.89. The van der Waals surface area contributed by atoms with Gasteiger partial charge in [-0.3, -0.25) is 14.7 Å². The Morgan fingerprint density at radius 1 is 1.31 bits per heavy atom. The second-order valence-electron chi connectivity index (χ2n) is 6.49. The Labute approximate surface area is 156 Å². The van der Waals surface area contributed by atoms with E-state index in [0.29, 0.717) is 12.6 Å². The minimum atomic E-state index is -0.0321. The SMILES string of the molecule is CN(CC(=O)Nc1cccc2nsnc12)C1CCN(c2ccncc2)C1. The fraction of sp³-hybridized carbons (Fsp3) is 0.333. The molecule has 0 radical (unpaired) electrons. The van der Waals surface area contributed by atoms with Crippen LogP contribution in [-0.2, 0) is 4.79 Å². The van der Waals surface area contributed by atoms with Crippen LogP contribution in [0.1, 0.15) is 6.42 Å². The van der Waals surface area contributed by atoms with E-state index in [-0.39, 0.29) is 5.91 Å². The molecular formula is C18H20N6OS. The van der Waals surface area contributed by atoms with E-state index in [0.717, 1.165) is 48.0 Å². The number of fused-ring (bicyclic) bond motifs is 1. The first-order valence-electron chi connectivity index (χ1n) is 8.57. The van der Waals surface area contributed by atoms with E-state index in [9.17, 15) is 4.79 Å². The number of likely N-dealkylation sites (N-methyl/N-ethyl adjacent to an activating group) is 1. The van der Waals surface area contributed by atoms with E-state index >= 15 is 0 Å². The first-order chi connectivity index (χ1) is 12.7. The summed E-state index contributed by atoms with van der Waals surface area (Å²) < 4.78 is 8.47. The summed E-state index contributed by atoms with van der Waals surface area (Å²) in [5.41, 5.74) is 3.46. The second-order valence-corrected chi connectivity index (χ2v) is 7.02. The van der Waals surface area contributed by atoms with Gasteiger partial charge >= 0.3 is 0 Å². The van der Waals surface area contributed by atoms with Crippen LogP contribution in [0.5, 0.6) is 0 Å². The second kappa shape index (κ2) is 7.35. The highest BCUT2D eigenvalue weighted by Crippen LogP contribution is 2.23. The Hall–Kier alpha value is -2.58. The number of carbonyl (C=O) groups is 1. The Bertz CT molecular complexity index is 899. The monoisotopic (exact) mass is 368 g/mol. The largest absolute Gasteiger partial charge is 0.370 e. The maximum atomic E-state index is 12.5. The van der Waals surface area contributed by atoms with Crippen molar-refractivity contribution < 1.29 is 4.79 Å². The Kier molecular flexibility index (Phi) is 4.77. The lowest BCUT2D eigenvalue weighted by Crippen LogP contribution is -2.39. The number of benzene rings is 1. The van der Waals surface area contributed by atoms with Gasteiger partial charge in [-0.1, -0.05) is 6.07 Å². The van der Waals surface area contributed by atoms with Crippen molar-refractivity contribution in [2.24, 2.45) is 0 Å². The molecule has 0 saturated carbocycles. The molecule has 26 heavy (non-hydrogen) atoms. The van der Waals surface area contributed by atoms with Gasteiger partial charge in [-0.05, 0) is 37.7 Å². The summed E-state index contributed by atoms with van der Waals surface area (Å²) in [6.07, 6.45) is 4.67. The van der Waals surface area contributed by atoms with Gasteiger partial charge in [0, 0.05) is 37.2 Å². The minimum absolute atomic E-state index is 0.0321. The lowest BCUT2D eigenvalue weighted by Gasteiger charge is -2.24. The zero-order valence-corrected chi connectivity index (χ0v) is 15.3. The van der Waals surface area contributed by atoms with Crippen molar-refractivity contribution in [3.05, 3.63) is 42.7 Å². The quantitative estimate of drug-likeness (QED) is 0.744. The molecule has 1 N–H and O–H groups in total. The molecule has 8 heteroatoms. The lowest BCUT2D eigenvalue weighted by atomic mass is 10.2. The molecular weight excluding hydrogens is 348 g/mol. The molecule has 3 heterocycles. The first kappa shape index (κ1) is 16.9. The number of nitrogens with one attached hydrogen (secondary N) is 1. The molecule has 134 valence electrons. The molecule has 1 aliphatic rings. The van der Waals surface area contributed by atoms with Gasteiger partial charge in [-0.2, -0.15) is 8.75 Å². The summed E-state index contributed by atoms with van der Waals surface area (Å²) >= 11 is 1.15. The van der Waals surface area contributed by atoms with E-state index < -0.39 is 0 Å². The van der Waals surface area contributed by atoms with Gasteiger partial charge in [0.1, 0.15) is 11.0 Å². The summed E-state index contributed by atoms with van der Waals surface area (Å²) in [5.74, 6) is -0.0321.